The Morgan fingerprint density at radius 3 is 2.75 bits per heavy atom. The number of carbonyl (C=O) groups excluding carboxylic acids is 1. The van der Waals surface area contributed by atoms with Crippen LogP contribution in [0.2, 0.25) is 5.02 Å². The first kappa shape index (κ1) is 16.0. The van der Waals surface area contributed by atoms with Crippen LogP contribution in [-0.4, -0.2) is 43.5 Å². The summed E-state index contributed by atoms with van der Waals surface area (Å²) in [4.78, 5) is 14.5. The van der Waals surface area contributed by atoms with E-state index in [4.69, 9.17) is 16.3 Å². The Morgan fingerprint density at radius 1 is 1.45 bits per heavy atom. The number of hydrogen-bond donors (Lipinski definition) is 0. The summed E-state index contributed by atoms with van der Waals surface area (Å²) in [6, 6.07) is 5.40. The first-order chi connectivity index (χ1) is 9.60. The van der Waals surface area contributed by atoms with E-state index >= 15 is 0 Å². The van der Waals surface area contributed by atoms with Crippen LogP contribution in [0.25, 0.3) is 0 Å². The largest absolute Gasteiger partial charge is 0.381 e. The maximum atomic E-state index is 12.2. The van der Waals surface area contributed by atoms with Crippen molar-refractivity contribution in [3.05, 3.63) is 33.3 Å². The zero-order valence-electron chi connectivity index (χ0n) is 11.6. The van der Waals surface area contributed by atoms with E-state index in [1.165, 1.54) is 0 Å². The van der Waals surface area contributed by atoms with Crippen molar-refractivity contribution in [3.63, 3.8) is 0 Å². The van der Waals surface area contributed by atoms with Crippen LogP contribution < -0.4 is 0 Å². The molecule has 1 aliphatic rings. The molecule has 0 bridgehead atoms. The molecule has 3 nitrogen and oxygen atoms in total. The van der Waals surface area contributed by atoms with Crippen LogP contribution in [0, 0.1) is 0 Å². The zero-order valence-corrected chi connectivity index (χ0v) is 13.9. The predicted octanol–water partition coefficient (Wildman–Crippen LogP) is 3.79. The SMILES string of the molecule is COC1CCN(CCC(=O)c2ccc(Br)cc2Cl)CC1. The van der Waals surface area contributed by atoms with Gasteiger partial charge in [-0.3, -0.25) is 4.79 Å². The average Bonchev–Trinajstić information content (AvgIpc) is 2.45. The van der Waals surface area contributed by atoms with Crippen LogP contribution in [0.3, 0.4) is 0 Å². The highest BCUT2D eigenvalue weighted by molar-refractivity contribution is 9.10. The van der Waals surface area contributed by atoms with Gasteiger partial charge >= 0.3 is 0 Å². The third-order valence-corrected chi connectivity index (χ3v) is 4.56. The van der Waals surface area contributed by atoms with Crippen LogP contribution in [-0.2, 0) is 4.74 Å². The van der Waals surface area contributed by atoms with E-state index in [-0.39, 0.29) is 5.78 Å². The smallest absolute Gasteiger partial charge is 0.165 e. The molecule has 110 valence electrons. The Labute approximate surface area is 133 Å². The van der Waals surface area contributed by atoms with Crippen LogP contribution in [0.1, 0.15) is 29.6 Å². The molecule has 0 aliphatic carbocycles. The van der Waals surface area contributed by atoms with Gasteiger partial charge in [0.2, 0.25) is 0 Å². The normalized spacial score (nSPS) is 17.4. The summed E-state index contributed by atoms with van der Waals surface area (Å²) in [7, 11) is 1.76. The second kappa shape index (κ2) is 7.55. The Kier molecular flexibility index (Phi) is 6.02. The number of methoxy groups -OCH3 is 1. The molecular formula is C15H19BrClNO2. The molecule has 1 saturated heterocycles. The fourth-order valence-electron chi connectivity index (χ4n) is 2.48. The van der Waals surface area contributed by atoms with Crippen molar-refractivity contribution < 1.29 is 9.53 Å². The number of carbonyl (C=O) groups is 1. The van der Waals surface area contributed by atoms with E-state index in [2.05, 4.69) is 20.8 Å². The first-order valence-corrected chi connectivity index (χ1v) is 8.00. The minimum atomic E-state index is 0.108. The third-order valence-electron chi connectivity index (χ3n) is 3.75. The number of rotatable bonds is 5. The monoisotopic (exact) mass is 359 g/mol. The van der Waals surface area contributed by atoms with Gasteiger partial charge in [0.05, 0.1) is 11.1 Å². The number of ether oxygens (including phenoxy) is 1. The van der Waals surface area contributed by atoms with Crippen molar-refractivity contribution in [2.75, 3.05) is 26.7 Å². The predicted molar refractivity (Wildman–Crippen MR) is 84.6 cm³/mol. The van der Waals surface area contributed by atoms with Gasteiger partial charge in [0.25, 0.3) is 0 Å². The Hall–Kier alpha value is -0.420. The molecule has 0 saturated carbocycles. The minimum Gasteiger partial charge on any atom is -0.381 e. The van der Waals surface area contributed by atoms with Crippen molar-refractivity contribution in [2.24, 2.45) is 0 Å². The molecule has 0 N–H and O–H groups in total. The van der Waals surface area contributed by atoms with Crippen LogP contribution in [0.4, 0.5) is 0 Å². The van der Waals surface area contributed by atoms with Gasteiger partial charge in [-0.05, 0) is 31.0 Å². The lowest BCUT2D eigenvalue weighted by atomic mass is 10.1. The molecule has 0 amide bonds. The standard InChI is InChI=1S/C15H19BrClNO2/c1-20-12-4-7-18(8-5-12)9-6-15(19)13-3-2-11(16)10-14(13)17/h2-3,10,12H,4-9H2,1H3. The lowest BCUT2D eigenvalue weighted by Gasteiger charge is -2.30. The molecule has 5 heteroatoms. The lowest BCUT2D eigenvalue weighted by Crippen LogP contribution is -2.37. The van der Waals surface area contributed by atoms with Gasteiger partial charge < -0.3 is 9.64 Å². The summed E-state index contributed by atoms with van der Waals surface area (Å²) in [5.41, 5.74) is 0.613. The topological polar surface area (TPSA) is 29.5 Å². The first-order valence-electron chi connectivity index (χ1n) is 6.83. The summed E-state index contributed by atoms with van der Waals surface area (Å²) in [5, 5.41) is 0.516. The molecule has 20 heavy (non-hydrogen) atoms. The highest BCUT2D eigenvalue weighted by Gasteiger charge is 2.19. The number of halogens is 2. The second-order valence-electron chi connectivity index (χ2n) is 5.07. The molecule has 0 atom stereocenters. The van der Waals surface area contributed by atoms with Crippen molar-refractivity contribution in [1.29, 1.82) is 0 Å². The number of Topliss-reactive ketones (excluding diaryl/α,β-unsaturated/α-hetero) is 1. The van der Waals surface area contributed by atoms with E-state index in [9.17, 15) is 4.79 Å². The van der Waals surface area contributed by atoms with Crippen molar-refractivity contribution in [3.8, 4) is 0 Å². The highest BCUT2D eigenvalue weighted by atomic mass is 79.9. The van der Waals surface area contributed by atoms with Gasteiger partial charge in [0.15, 0.2) is 5.78 Å². The summed E-state index contributed by atoms with van der Waals surface area (Å²) in [5.74, 6) is 0.108. The van der Waals surface area contributed by atoms with Gasteiger partial charge in [-0.25, -0.2) is 0 Å². The van der Waals surface area contributed by atoms with E-state index in [0.29, 0.717) is 23.1 Å². The molecule has 0 radical (unpaired) electrons. The molecule has 1 aromatic carbocycles. The summed E-state index contributed by atoms with van der Waals surface area (Å²) < 4.78 is 6.24. The van der Waals surface area contributed by atoms with E-state index in [1.807, 2.05) is 6.07 Å². The van der Waals surface area contributed by atoms with Crippen LogP contribution >= 0.6 is 27.5 Å². The minimum absolute atomic E-state index is 0.108. The number of likely N-dealkylation sites (tertiary alicyclic amines) is 1. The van der Waals surface area contributed by atoms with Gasteiger partial charge in [0, 0.05) is 43.2 Å². The number of benzene rings is 1. The van der Waals surface area contributed by atoms with Gasteiger partial charge in [-0.1, -0.05) is 27.5 Å². The third kappa shape index (κ3) is 4.29. The van der Waals surface area contributed by atoms with Gasteiger partial charge in [-0.2, -0.15) is 0 Å². The quantitative estimate of drug-likeness (QED) is 0.748. The van der Waals surface area contributed by atoms with E-state index in [1.54, 1.807) is 19.2 Å². The van der Waals surface area contributed by atoms with Gasteiger partial charge in [-0.15, -0.1) is 0 Å². The average molecular weight is 361 g/mol. The molecule has 0 unspecified atom stereocenters. The molecule has 1 aromatic rings. The Morgan fingerprint density at radius 2 is 2.15 bits per heavy atom. The van der Waals surface area contributed by atoms with E-state index in [0.717, 1.165) is 36.9 Å². The molecule has 1 heterocycles. The van der Waals surface area contributed by atoms with Gasteiger partial charge in [0.1, 0.15) is 0 Å². The number of hydrogen-bond acceptors (Lipinski definition) is 3. The number of ketones is 1. The lowest BCUT2D eigenvalue weighted by molar-refractivity contribution is 0.0406. The summed E-state index contributed by atoms with van der Waals surface area (Å²) >= 11 is 9.45. The molecule has 0 aromatic heterocycles. The zero-order chi connectivity index (χ0) is 14.5. The fraction of sp³-hybridized carbons (Fsp3) is 0.533. The maximum Gasteiger partial charge on any atom is 0.165 e. The molecular weight excluding hydrogens is 342 g/mol. The summed E-state index contributed by atoms with van der Waals surface area (Å²) in [6.45, 7) is 2.79. The maximum absolute atomic E-state index is 12.2. The second-order valence-corrected chi connectivity index (χ2v) is 6.40. The molecule has 0 spiro atoms. The van der Waals surface area contributed by atoms with Crippen LogP contribution in [0.5, 0.6) is 0 Å². The highest BCUT2D eigenvalue weighted by Crippen LogP contribution is 2.23. The van der Waals surface area contributed by atoms with Crippen molar-refractivity contribution >= 4 is 33.3 Å². The van der Waals surface area contributed by atoms with E-state index < -0.39 is 0 Å². The molecule has 1 aliphatic heterocycles. The van der Waals surface area contributed by atoms with Crippen molar-refractivity contribution in [2.45, 2.75) is 25.4 Å². The fourth-order valence-corrected chi connectivity index (χ4v) is 3.26. The Balaban J connectivity index is 1.83. The van der Waals surface area contributed by atoms with Crippen LogP contribution in [0.15, 0.2) is 22.7 Å². The number of nitrogens with zero attached hydrogens (tertiary/aromatic N) is 1. The Bertz CT molecular complexity index is 473. The molecule has 1 fully saturated rings. The molecule has 2 rings (SSSR count). The summed E-state index contributed by atoms with van der Waals surface area (Å²) in [6.07, 6.45) is 2.98. The van der Waals surface area contributed by atoms with Crippen molar-refractivity contribution in [1.82, 2.24) is 4.90 Å². The number of piperidine rings is 1.